The van der Waals surface area contributed by atoms with Gasteiger partial charge >= 0.3 is 0 Å². The van der Waals surface area contributed by atoms with E-state index in [2.05, 4.69) is 44.1 Å². The summed E-state index contributed by atoms with van der Waals surface area (Å²) in [5, 5.41) is 0. The van der Waals surface area contributed by atoms with Crippen LogP contribution in [0.1, 0.15) is 43.1 Å². The highest BCUT2D eigenvalue weighted by Crippen LogP contribution is 2.32. The summed E-state index contributed by atoms with van der Waals surface area (Å²) >= 11 is 0. The van der Waals surface area contributed by atoms with Gasteiger partial charge in [-0.25, -0.2) is 0 Å². The van der Waals surface area contributed by atoms with E-state index in [1.54, 1.807) is 0 Å². The molecule has 0 N–H and O–H groups in total. The quantitative estimate of drug-likeness (QED) is 0.719. The molecular weight excluding hydrogens is 346 g/mol. The summed E-state index contributed by atoms with van der Waals surface area (Å²) in [7, 11) is 0. The van der Waals surface area contributed by atoms with Crippen molar-refractivity contribution in [2.24, 2.45) is 9.98 Å². The van der Waals surface area contributed by atoms with Gasteiger partial charge in [0.1, 0.15) is 0 Å². The third-order valence-electron chi connectivity index (χ3n) is 4.89. The van der Waals surface area contributed by atoms with Crippen molar-refractivity contribution in [3.63, 3.8) is 0 Å². The van der Waals surface area contributed by atoms with Crippen LogP contribution in [0, 0.1) is 0 Å². The van der Waals surface area contributed by atoms with Gasteiger partial charge in [-0.05, 0) is 49.9 Å². The Morgan fingerprint density at radius 3 is 2.21 bits per heavy atom. The van der Waals surface area contributed by atoms with Crippen LogP contribution in [-0.4, -0.2) is 33.8 Å². The minimum Gasteiger partial charge on any atom is -0.278 e. The summed E-state index contributed by atoms with van der Waals surface area (Å²) in [6, 6.07) is 12.1. The van der Waals surface area contributed by atoms with Crippen molar-refractivity contribution in [3.8, 4) is 0 Å². The van der Waals surface area contributed by atoms with Crippen LogP contribution in [-0.2, 0) is 6.54 Å². The Hall–Kier alpha value is -2.92. The first-order chi connectivity index (χ1) is 13.9. The van der Waals surface area contributed by atoms with Gasteiger partial charge in [0.05, 0.1) is 28.8 Å². The number of hydrogen-bond acceptors (Lipinski definition) is 5. The van der Waals surface area contributed by atoms with Crippen molar-refractivity contribution in [1.29, 1.82) is 0 Å². The number of allylic oxidation sites excluding steroid dienone is 2. The lowest BCUT2D eigenvalue weighted by molar-refractivity contribution is 0.223. The van der Waals surface area contributed by atoms with Gasteiger partial charge in [-0.3, -0.25) is 24.9 Å². The molecule has 28 heavy (non-hydrogen) atoms. The predicted octanol–water partition coefficient (Wildman–Crippen LogP) is 4.52. The Labute approximate surface area is 166 Å². The fourth-order valence-corrected chi connectivity index (χ4v) is 3.58. The third kappa shape index (κ3) is 4.67. The Balaban J connectivity index is 1.71. The number of pyridine rings is 2. The molecule has 0 aromatic carbocycles. The molecule has 0 spiro atoms. The number of nitrogens with zero attached hydrogens (tertiary/aromatic N) is 5. The second-order valence-electron chi connectivity index (χ2n) is 6.99. The molecule has 0 amide bonds. The van der Waals surface area contributed by atoms with Crippen LogP contribution in [0.4, 0.5) is 0 Å². The summed E-state index contributed by atoms with van der Waals surface area (Å²) in [5.74, 6) is 0. The summed E-state index contributed by atoms with van der Waals surface area (Å²) in [6.45, 7) is 1.45. The zero-order valence-electron chi connectivity index (χ0n) is 16.0. The fourth-order valence-electron chi connectivity index (χ4n) is 3.58. The topological polar surface area (TPSA) is 53.7 Å². The minimum atomic E-state index is -0.0298. The SMILES string of the molecule is C1=NC(CN(Cc2ccccn2)C(C2=CCCC=N2)c2ccccn2)=CCC1. The third-order valence-corrected chi connectivity index (χ3v) is 4.89. The van der Waals surface area contributed by atoms with E-state index >= 15 is 0 Å². The number of aromatic nitrogens is 2. The largest absolute Gasteiger partial charge is 0.278 e. The van der Waals surface area contributed by atoms with Crippen LogP contribution in [0.3, 0.4) is 0 Å². The highest BCUT2D eigenvalue weighted by Gasteiger charge is 2.27. The van der Waals surface area contributed by atoms with Crippen molar-refractivity contribution in [2.75, 3.05) is 6.54 Å². The Morgan fingerprint density at radius 1 is 0.786 bits per heavy atom. The smallest absolute Gasteiger partial charge is 0.0953 e. The van der Waals surface area contributed by atoms with Crippen LogP contribution < -0.4 is 0 Å². The monoisotopic (exact) mass is 371 g/mol. The summed E-state index contributed by atoms with van der Waals surface area (Å²) in [6.07, 6.45) is 16.3. The Morgan fingerprint density at radius 2 is 1.57 bits per heavy atom. The maximum Gasteiger partial charge on any atom is 0.0953 e. The standard InChI is InChI=1S/C23H25N5/c1-5-13-24-19(9-1)17-28(18-20-10-2-6-14-25-20)23(21-11-3-7-15-26-21)22-12-4-8-16-27-22/h1,3,5,7,9-16,23H,2,4,6,8,17-18H2. The molecule has 1 atom stereocenters. The van der Waals surface area contributed by atoms with Crippen molar-refractivity contribution in [2.45, 2.75) is 38.3 Å². The van der Waals surface area contributed by atoms with Crippen LogP contribution >= 0.6 is 0 Å². The second kappa shape index (κ2) is 9.33. The number of aliphatic imine (C=N–C) groups is 2. The molecule has 0 fully saturated rings. The Kier molecular flexibility index (Phi) is 6.15. The lowest BCUT2D eigenvalue weighted by Crippen LogP contribution is -2.32. The molecular formula is C23H25N5. The van der Waals surface area contributed by atoms with Gasteiger partial charge in [0.15, 0.2) is 0 Å². The van der Waals surface area contributed by atoms with Crippen molar-refractivity contribution >= 4 is 12.4 Å². The van der Waals surface area contributed by atoms with Crippen molar-refractivity contribution < 1.29 is 0 Å². The fraction of sp³-hybridized carbons (Fsp3) is 0.304. The Bertz CT molecular complexity index is 884. The van der Waals surface area contributed by atoms with Crippen LogP contribution in [0.25, 0.3) is 0 Å². The highest BCUT2D eigenvalue weighted by atomic mass is 15.2. The number of hydrogen-bond donors (Lipinski definition) is 0. The van der Waals surface area contributed by atoms with E-state index in [9.17, 15) is 0 Å². The van der Waals surface area contributed by atoms with E-state index in [-0.39, 0.29) is 6.04 Å². The normalized spacial score (nSPS) is 17.3. The van der Waals surface area contributed by atoms with Gasteiger partial charge in [0, 0.05) is 37.9 Å². The predicted molar refractivity (Wildman–Crippen MR) is 113 cm³/mol. The molecule has 4 rings (SSSR count). The average Bonchev–Trinajstić information content (AvgIpc) is 2.77. The molecule has 0 saturated carbocycles. The molecule has 1 unspecified atom stereocenters. The first-order valence-electron chi connectivity index (χ1n) is 9.89. The average molecular weight is 371 g/mol. The van der Waals surface area contributed by atoms with Gasteiger partial charge in [-0.15, -0.1) is 0 Å². The molecule has 0 bridgehead atoms. The van der Waals surface area contributed by atoms with Crippen molar-refractivity contribution in [3.05, 3.63) is 83.7 Å². The highest BCUT2D eigenvalue weighted by molar-refractivity contribution is 5.61. The number of rotatable bonds is 7. The molecule has 2 aliphatic heterocycles. The molecule has 5 nitrogen and oxygen atoms in total. The summed E-state index contributed by atoms with van der Waals surface area (Å²) in [5.41, 5.74) is 4.19. The second-order valence-corrected chi connectivity index (χ2v) is 6.99. The summed E-state index contributed by atoms with van der Waals surface area (Å²) in [4.78, 5) is 21.0. The first-order valence-corrected chi connectivity index (χ1v) is 9.89. The van der Waals surface area contributed by atoms with Gasteiger partial charge in [-0.2, -0.15) is 0 Å². The molecule has 2 aliphatic rings. The lowest BCUT2D eigenvalue weighted by Gasteiger charge is -2.32. The zero-order valence-corrected chi connectivity index (χ0v) is 16.0. The molecule has 5 heteroatoms. The van der Waals surface area contributed by atoms with Gasteiger partial charge in [-0.1, -0.05) is 24.3 Å². The maximum atomic E-state index is 4.74. The molecule has 0 aliphatic carbocycles. The van der Waals surface area contributed by atoms with E-state index < -0.39 is 0 Å². The molecule has 2 aromatic heterocycles. The molecule has 4 heterocycles. The van der Waals surface area contributed by atoms with Crippen LogP contribution in [0.2, 0.25) is 0 Å². The molecule has 0 saturated heterocycles. The molecule has 2 aromatic rings. The van der Waals surface area contributed by atoms with E-state index in [0.29, 0.717) is 6.54 Å². The van der Waals surface area contributed by atoms with Crippen LogP contribution in [0.5, 0.6) is 0 Å². The molecule has 142 valence electrons. The molecule has 0 radical (unpaired) electrons. The van der Waals surface area contributed by atoms with E-state index in [0.717, 1.165) is 55.0 Å². The first kappa shape index (κ1) is 18.4. The van der Waals surface area contributed by atoms with Crippen molar-refractivity contribution in [1.82, 2.24) is 14.9 Å². The van der Waals surface area contributed by atoms with Gasteiger partial charge < -0.3 is 0 Å². The minimum absolute atomic E-state index is 0.0298. The lowest BCUT2D eigenvalue weighted by atomic mass is 10.0. The maximum absolute atomic E-state index is 4.74. The van der Waals surface area contributed by atoms with Gasteiger partial charge in [0.2, 0.25) is 0 Å². The van der Waals surface area contributed by atoms with Crippen LogP contribution in [0.15, 0.2) is 82.3 Å². The van der Waals surface area contributed by atoms with Gasteiger partial charge in [0.25, 0.3) is 0 Å². The van der Waals surface area contributed by atoms with E-state index in [1.807, 2.05) is 49.1 Å². The zero-order chi connectivity index (χ0) is 19.0. The van der Waals surface area contributed by atoms with E-state index in [1.165, 1.54) is 0 Å². The summed E-state index contributed by atoms with van der Waals surface area (Å²) < 4.78 is 0. The van der Waals surface area contributed by atoms with E-state index in [4.69, 9.17) is 4.99 Å².